The zero-order valence-electron chi connectivity index (χ0n) is 9.24. The number of carbonyl (C=O) groups excluding carboxylic acids is 1. The van der Waals surface area contributed by atoms with Crippen molar-refractivity contribution < 1.29 is 25.2 Å². The van der Waals surface area contributed by atoms with Crippen molar-refractivity contribution in [3.8, 4) is 0 Å². The van der Waals surface area contributed by atoms with Crippen molar-refractivity contribution >= 4 is 5.91 Å². The molecule has 0 saturated carbocycles. The normalized spacial score (nSPS) is 40.8. The van der Waals surface area contributed by atoms with Crippen LogP contribution < -0.4 is 5.32 Å². The maximum absolute atomic E-state index is 11.5. The monoisotopic (exact) mass is 234 g/mol. The zero-order chi connectivity index (χ0) is 12.5. The van der Waals surface area contributed by atoms with Gasteiger partial charge in [0.2, 0.25) is 5.91 Å². The van der Waals surface area contributed by atoms with Crippen LogP contribution in [0.15, 0.2) is 0 Å². The Labute approximate surface area is 93.3 Å². The summed E-state index contributed by atoms with van der Waals surface area (Å²) >= 11 is 0. The standard InChI is InChI=1S/C9H18N2O5/c1-10-9(16)5-7(14)8(15)6(13)4(3-12)11(5)2/h4-8,12-15H,3H2,1-2H3,(H,10,16). The molecule has 7 nitrogen and oxygen atoms in total. The van der Waals surface area contributed by atoms with Crippen LogP contribution in [0.5, 0.6) is 0 Å². The van der Waals surface area contributed by atoms with Crippen LogP contribution in [0.2, 0.25) is 0 Å². The summed E-state index contributed by atoms with van der Waals surface area (Å²) in [6, 6.07) is -1.76. The third-order valence-electron chi connectivity index (χ3n) is 3.08. The maximum atomic E-state index is 11.5. The second-order valence-electron chi connectivity index (χ2n) is 3.95. The number of hydrogen-bond donors (Lipinski definition) is 5. The molecule has 5 N–H and O–H groups in total. The molecule has 0 bridgehead atoms. The molecule has 1 heterocycles. The Bertz CT molecular complexity index is 262. The number of carbonyl (C=O) groups is 1. The smallest absolute Gasteiger partial charge is 0.239 e. The molecule has 0 aliphatic carbocycles. The number of nitrogens with one attached hydrogen (secondary N) is 1. The Kier molecular flexibility index (Phi) is 4.22. The average Bonchev–Trinajstić information content (AvgIpc) is 2.27. The van der Waals surface area contributed by atoms with Crippen LogP contribution in [0, 0.1) is 0 Å². The summed E-state index contributed by atoms with van der Waals surface area (Å²) in [6.07, 6.45) is -4.12. The molecule has 0 aromatic rings. The molecule has 0 aromatic carbocycles. The second-order valence-corrected chi connectivity index (χ2v) is 3.95. The lowest BCUT2D eigenvalue weighted by atomic mass is 9.88. The number of hydrogen-bond acceptors (Lipinski definition) is 6. The lowest BCUT2D eigenvalue weighted by molar-refractivity contribution is -0.173. The van der Waals surface area contributed by atoms with Gasteiger partial charge in [-0.25, -0.2) is 0 Å². The van der Waals surface area contributed by atoms with Crippen molar-refractivity contribution in [1.82, 2.24) is 10.2 Å². The van der Waals surface area contributed by atoms with Gasteiger partial charge < -0.3 is 25.7 Å². The van der Waals surface area contributed by atoms with E-state index in [-0.39, 0.29) is 0 Å². The number of amides is 1. The van der Waals surface area contributed by atoms with E-state index >= 15 is 0 Å². The summed E-state index contributed by atoms with van der Waals surface area (Å²) in [7, 11) is 2.91. The maximum Gasteiger partial charge on any atom is 0.239 e. The van der Waals surface area contributed by atoms with Gasteiger partial charge in [0.25, 0.3) is 0 Å². The van der Waals surface area contributed by atoms with Crippen LogP contribution in [0.25, 0.3) is 0 Å². The van der Waals surface area contributed by atoms with Crippen LogP contribution >= 0.6 is 0 Å². The van der Waals surface area contributed by atoms with Gasteiger partial charge in [-0.15, -0.1) is 0 Å². The first-order chi connectivity index (χ1) is 7.45. The predicted molar refractivity (Wildman–Crippen MR) is 54.5 cm³/mol. The number of rotatable bonds is 2. The zero-order valence-corrected chi connectivity index (χ0v) is 9.24. The van der Waals surface area contributed by atoms with Gasteiger partial charge in [-0.05, 0) is 7.05 Å². The third kappa shape index (κ3) is 2.04. The van der Waals surface area contributed by atoms with Gasteiger partial charge in [-0.1, -0.05) is 0 Å². The van der Waals surface area contributed by atoms with E-state index in [1.54, 1.807) is 0 Å². The van der Waals surface area contributed by atoms with Crippen LogP contribution in [0.3, 0.4) is 0 Å². The fraction of sp³-hybridized carbons (Fsp3) is 0.889. The van der Waals surface area contributed by atoms with Crippen molar-refractivity contribution in [2.45, 2.75) is 30.4 Å². The summed E-state index contributed by atoms with van der Waals surface area (Å²) in [5.41, 5.74) is 0. The van der Waals surface area contributed by atoms with Gasteiger partial charge in [-0.3, -0.25) is 9.69 Å². The van der Waals surface area contributed by atoms with E-state index in [0.29, 0.717) is 0 Å². The highest BCUT2D eigenvalue weighted by atomic mass is 16.4. The largest absolute Gasteiger partial charge is 0.395 e. The molecular formula is C9H18N2O5. The Morgan fingerprint density at radius 3 is 2.25 bits per heavy atom. The van der Waals surface area contributed by atoms with Gasteiger partial charge >= 0.3 is 0 Å². The molecule has 1 fully saturated rings. The van der Waals surface area contributed by atoms with Crippen molar-refractivity contribution in [3.63, 3.8) is 0 Å². The Morgan fingerprint density at radius 1 is 1.25 bits per heavy atom. The van der Waals surface area contributed by atoms with Crippen molar-refractivity contribution in [3.05, 3.63) is 0 Å². The lowest BCUT2D eigenvalue weighted by Crippen LogP contribution is -2.69. The first kappa shape index (κ1) is 13.3. The minimum atomic E-state index is -1.45. The van der Waals surface area contributed by atoms with E-state index in [1.165, 1.54) is 19.0 Å². The van der Waals surface area contributed by atoms with Crippen molar-refractivity contribution in [1.29, 1.82) is 0 Å². The number of nitrogens with zero attached hydrogens (tertiary/aromatic N) is 1. The highest BCUT2D eigenvalue weighted by molar-refractivity contribution is 5.82. The van der Waals surface area contributed by atoms with Crippen molar-refractivity contribution in [2.24, 2.45) is 0 Å². The summed E-state index contributed by atoms with van der Waals surface area (Å²) in [5.74, 6) is -0.473. The molecule has 0 aromatic heterocycles. The number of piperidine rings is 1. The van der Waals surface area contributed by atoms with Gasteiger partial charge in [0, 0.05) is 7.05 Å². The van der Waals surface area contributed by atoms with E-state index in [1.807, 2.05) is 0 Å². The summed E-state index contributed by atoms with van der Waals surface area (Å²) in [5, 5.41) is 40.3. The molecule has 1 rings (SSSR count). The van der Waals surface area contributed by atoms with Crippen molar-refractivity contribution in [2.75, 3.05) is 20.7 Å². The molecule has 1 aliphatic heterocycles. The molecule has 16 heavy (non-hydrogen) atoms. The molecule has 5 unspecified atom stereocenters. The van der Waals surface area contributed by atoms with Crippen LogP contribution in [0.1, 0.15) is 0 Å². The third-order valence-corrected chi connectivity index (χ3v) is 3.08. The number of aliphatic hydroxyl groups excluding tert-OH is 4. The van der Waals surface area contributed by atoms with Gasteiger partial charge in [0.05, 0.1) is 12.6 Å². The molecule has 1 aliphatic rings. The van der Waals surface area contributed by atoms with E-state index < -0.39 is 42.9 Å². The topological polar surface area (TPSA) is 113 Å². The number of likely N-dealkylation sites (tertiary alicyclic amines) is 1. The first-order valence-corrected chi connectivity index (χ1v) is 5.04. The summed E-state index contributed by atoms with van der Waals surface area (Å²) in [4.78, 5) is 12.9. The molecule has 5 atom stereocenters. The minimum Gasteiger partial charge on any atom is -0.395 e. The quantitative estimate of drug-likeness (QED) is 0.339. The average molecular weight is 234 g/mol. The molecule has 94 valence electrons. The molecule has 0 spiro atoms. The Balaban J connectivity index is 2.95. The first-order valence-electron chi connectivity index (χ1n) is 5.04. The predicted octanol–water partition coefficient (Wildman–Crippen LogP) is -3.51. The number of aliphatic hydroxyl groups is 4. The highest BCUT2D eigenvalue weighted by Gasteiger charge is 2.48. The molecule has 1 saturated heterocycles. The summed E-state index contributed by atoms with van der Waals surface area (Å²) in [6.45, 7) is -0.408. The lowest BCUT2D eigenvalue weighted by Gasteiger charge is -2.45. The van der Waals surface area contributed by atoms with Gasteiger partial charge in [0.15, 0.2) is 0 Å². The molecule has 7 heteroatoms. The van der Waals surface area contributed by atoms with Gasteiger partial charge in [-0.2, -0.15) is 0 Å². The van der Waals surface area contributed by atoms with Crippen LogP contribution in [0.4, 0.5) is 0 Å². The number of likely N-dealkylation sites (N-methyl/N-ethyl adjacent to an activating group) is 2. The molecular weight excluding hydrogens is 216 g/mol. The minimum absolute atomic E-state index is 0.408. The fourth-order valence-corrected chi connectivity index (χ4v) is 2.03. The Morgan fingerprint density at radius 2 is 1.81 bits per heavy atom. The summed E-state index contributed by atoms with van der Waals surface area (Å²) < 4.78 is 0. The highest BCUT2D eigenvalue weighted by Crippen LogP contribution is 2.23. The van der Waals surface area contributed by atoms with E-state index in [2.05, 4.69) is 5.32 Å². The van der Waals surface area contributed by atoms with E-state index in [4.69, 9.17) is 5.11 Å². The fourth-order valence-electron chi connectivity index (χ4n) is 2.03. The molecule has 0 radical (unpaired) electrons. The van der Waals surface area contributed by atoms with Gasteiger partial charge in [0.1, 0.15) is 24.4 Å². The second kappa shape index (κ2) is 5.07. The van der Waals surface area contributed by atoms with E-state index in [0.717, 1.165) is 0 Å². The van der Waals surface area contributed by atoms with Crippen LogP contribution in [-0.2, 0) is 4.79 Å². The SMILES string of the molecule is CNC(=O)C1C(O)C(O)C(O)C(CO)N1C. The Hall–Kier alpha value is -0.730. The van der Waals surface area contributed by atoms with E-state index in [9.17, 15) is 20.1 Å². The molecule has 1 amide bonds. The van der Waals surface area contributed by atoms with Crippen LogP contribution in [-0.4, -0.2) is 82.3 Å².